The van der Waals surface area contributed by atoms with E-state index in [-0.39, 0.29) is 5.91 Å². The molecule has 2 aromatic carbocycles. The molecule has 0 aromatic heterocycles. The lowest BCUT2D eigenvalue weighted by Crippen LogP contribution is -2.38. The van der Waals surface area contributed by atoms with Crippen molar-refractivity contribution in [1.29, 1.82) is 0 Å². The van der Waals surface area contributed by atoms with Crippen molar-refractivity contribution >= 4 is 11.6 Å². The molecule has 0 saturated carbocycles. The summed E-state index contributed by atoms with van der Waals surface area (Å²) in [5.41, 5.74) is 4.01. The third-order valence-corrected chi connectivity index (χ3v) is 5.12. The molecular formula is C22H25N3O2. The summed E-state index contributed by atoms with van der Waals surface area (Å²) in [4.78, 5) is 15.2. The van der Waals surface area contributed by atoms with Gasteiger partial charge in [0.15, 0.2) is 0 Å². The molecule has 0 atom stereocenters. The Morgan fingerprint density at radius 1 is 0.926 bits per heavy atom. The zero-order valence-electron chi connectivity index (χ0n) is 15.5. The molecule has 4 rings (SSSR count). The summed E-state index contributed by atoms with van der Waals surface area (Å²) in [5.74, 6) is 0.0651. The van der Waals surface area contributed by atoms with Crippen LogP contribution in [0.15, 0.2) is 59.7 Å². The number of rotatable bonds is 5. The molecule has 5 heteroatoms. The van der Waals surface area contributed by atoms with Crippen molar-refractivity contribution in [3.63, 3.8) is 0 Å². The molecule has 2 aromatic rings. The summed E-state index contributed by atoms with van der Waals surface area (Å²) in [6, 6.07) is 18.2. The molecule has 2 aliphatic heterocycles. The summed E-state index contributed by atoms with van der Waals surface area (Å²) in [6.07, 6.45) is 1.31. The number of hydrazone groups is 1. The summed E-state index contributed by atoms with van der Waals surface area (Å²) in [5, 5.41) is 6.48. The lowest BCUT2D eigenvalue weighted by Gasteiger charge is -2.27. The van der Waals surface area contributed by atoms with Gasteiger partial charge in [-0.3, -0.25) is 9.69 Å². The molecule has 2 aliphatic rings. The van der Waals surface area contributed by atoms with Crippen molar-refractivity contribution in [2.75, 3.05) is 39.4 Å². The van der Waals surface area contributed by atoms with Crippen LogP contribution in [0.5, 0.6) is 0 Å². The largest absolute Gasteiger partial charge is 0.379 e. The Bertz CT molecular complexity index is 813. The van der Waals surface area contributed by atoms with E-state index in [1.165, 1.54) is 0 Å². The average Bonchev–Trinajstić information content (AvgIpc) is 2.86. The van der Waals surface area contributed by atoms with Gasteiger partial charge in [0, 0.05) is 37.3 Å². The first-order chi connectivity index (χ1) is 13.3. The van der Waals surface area contributed by atoms with Crippen molar-refractivity contribution < 1.29 is 9.53 Å². The van der Waals surface area contributed by atoms with Crippen LogP contribution in [0.3, 0.4) is 0 Å². The molecule has 2 heterocycles. The molecule has 1 amide bonds. The van der Waals surface area contributed by atoms with E-state index in [0.717, 1.165) is 61.7 Å². The molecule has 1 fully saturated rings. The van der Waals surface area contributed by atoms with E-state index in [4.69, 9.17) is 9.84 Å². The first kappa shape index (κ1) is 17.9. The quantitative estimate of drug-likeness (QED) is 0.820. The monoisotopic (exact) mass is 363 g/mol. The van der Waals surface area contributed by atoms with Gasteiger partial charge >= 0.3 is 0 Å². The molecule has 140 valence electrons. The fourth-order valence-corrected chi connectivity index (χ4v) is 3.64. The lowest BCUT2D eigenvalue weighted by molar-refractivity contribution is -0.130. The maximum Gasteiger partial charge on any atom is 0.247 e. The number of hydrogen-bond acceptors (Lipinski definition) is 4. The Balaban J connectivity index is 1.55. The van der Waals surface area contributed by atoms with Crippen LogP contribution in [0, 0.1) is 0 Å². The van der Waals surface area contributed by atoms with Gasteiger partial charge in [-0.15, -0.1) is 0 Å². The van der Waals surface area contributed by atoms with Crippen LogP contribution in [0.25, 0.3) is 0 Å². The average molecular weight is 363 g/mol. The first-order valence-corrected chi connectivity index (χ1v) is 9.64. The summed E-state index contributed by atoms with van der Waals surface area (Å²) in [6.45, 7) is 5.15. The van der Waals surface area contributed by atoms with Gasteiger partial charge in [-0.05, 0) is 12.0 Å². The van der Waals surface area contributed by atoms with E-state index in [1.807, 2.05) is 36.4 Å². The van der Waals surface area contributed by atoms with Gasteiger partial charge in [-0.25, -0.2) is 5.01 Å². The van der Waals surface area contributed by atoms with Gasteiger partial charge in [-0.2, -0.15) is 5.10 Å². The van der Waals surface area contributed by atoms with Crippen LogP contribution in [-0.2, 0) is 16.0 Å². The molecule has 0 bridgehead atoms. The van der Waals surface area contributed by atoms with Crippen LogP contribution in [0.1, 0.15) is 23.1 Å². The van der Waals surface area contributed by atoms with E-state index >= 15 is 0 Å². The second kappa shape index (κ2) is 8.46. The number of morpholine rings is 1. The maximum atomic E-state index is 12.8. The van der Waals surface area contributed by atoms with E-state index in [2.05, 4.69) is 23.1 Å². The Hall–Kier alpha value is -2.50. The zero-order valence-corrected chi connectivity index (χ0v) is 15.5. The van der Waals surface area contributed by atoms with Crippen molar-refractivity contribution in [2.45, 2.75) is 12.8 Å². The molecule has 0 aliphatic carbocycles. The van der Waals surface area contributed by atoms with Crippen molar-refractivity contribution in [1.82, 2.24) is 9.91 Å². The fraction of sp³-hybridized carbons (Fsp3) is 0.364. The van der Waals surface area contributed by atoms with Gasteiger partial charge in [0.2, 0.25) is 5.91 Å². The van der Waals surface area contributed by atoms with Crippen LogP contribution in [-0.4, -0.2) is 60.9 Å². The molecule has 0 unspecified atom stereocenters. The topological polar surface area (TPSA) is 45.1 Å². The Morgan fingerprint density at radius 2 is 1.67 bits per heavy atom. The number of carbonyl (C=O) groups excluding carboxylic acids is 1. The number of nitrogens with zero attached hydrogens (tertiary/aromatic N) is 3. The van der Waals surface area contributed by atoms with Gasteiger partial charge in [0.1, 0.15) is 0 Å². The third kappa shape index (κ3) is 4.26. The lowest BCUT2D eigenvalue weighted by atomic mass is 9.96. The Morgan fingerprint density at radius 3 is 2.48 bits per heavy atom. The number of benzene rings is 2. The molecule has 5 nitrogen and oxygen atoms in total. The first-order valence-electron chi connectivity index (χ1n) is 9.64. The van der Waals surface area contributed by atoms with Crippen LogP contribution >= 0.6 is 0 Å². The highest BCUT2D eigenvalue weighted by atomic mass is 16.5. The second-order valence-corrected chi connectivity index (χ2v) is 6.97. The maximum absolute atomic E-state index is 12.8. The summed E-state index contributed by atoms with van der Waals surface area (Å²) in [7, 11) is 0. The zero-order chi connectivity index (χ0) is 18.5. The van der Waals surface area contributed by atoms with E-state index in [0.29, 0.717) is 13.0 Å². The van der Waals surface area contributed by atoms with E-state index in [1.54, 1.807) is 5.01 Å². The number of carbonyl (C=O) groups is 1. The number of amides is 1. The molecule has 27 heavy (non-hydrogen) atoms. The van der Waals surface area contributed by atoms with Crippen molar-refractivity contribution in [2.24, 2.45) is 5.10 Å². The fourth-order valence-electron chi connectivity index (χ4n) is 3.64. The Labute approximate surface area is 160 Å². The third-order valence-electron chi connectivity index (χ3n) is 5.12. The van der Waals surface area contributed by atoms with E-state index in [9.17, 15) is 4.79 Å². The van der Waals surface area contributed by atoms with Crippen molar-refractivity contribution in [3.8, 4) is 0 Å². The van der Waals surface area contributed by atoms with Gasteiger partial charge in [0.05, 0.1) is 25.3 Å². The summed E-state index contributed by atoms with van der Waals surface area (Å²) < 4.78 is 5.40. The highest BCUT2D eigenvalue weighted by molar-refractivity contribution is 6.15. The summed E-state index contributed by atoms with van der Waals surface area (Å²) >= 11 is 0. The van der Waals surface area contributed by atoms with Gasteiger partial charge in [0.25, 0.3) is 0 Å². The second-order valence-electron chi connectivity index (χ2n) is 6.97. The normalized spacial score (nSPS) is 18.0. The number of hydrogen-bond donors (Lipinski definition) is 0. The predicted octanol–water partition coefficient (Wildman–Crippen LogP) is 2.55. The smallest absolute Gasteiger partial charge is 0.247 e. The van der Waals surface area contributed by atoms with Gasteiger partial charge < -0.3 is 4.74 Å². The minimum Gasteiger partial charge on any atom is -0.379 e. The predicted molar refractivity (Wildman–Crippen MR) is 106 cm³/mol. The van der Waals surface area contributed by atoms with Crippen molar-refractivity contribution in [3.05, 3.63) is 71.3 Å². The van der Waals surface area contributed by atoms with E-state index < -0.39 is 0 Å². The highest BCUT2D eigenvalue weighted by Gasteiger charge is 2.23. The van der Waals surface area contributed by atoms with Crippen LogP contribution < -0.4 is 0 Å². The standard InChI is InChI=1S/C22H25N3O2/c26-21-17-19-9-4-5-10-20(19)22(18-7-2-1-3-8-18)23-25(21)12-6-11-24-13-15-27-16-14-24/h1-5,7-10H,6,11-17H2. The molecule has 0 N–H and O–H groups in total. The number of ether oxygens (including phenoxy) is 1. The minimum absolute atomic E-state index is 0.0651. The molecule has 0 radical (unpaired) electrons. The SMILES string of the molecule is O=C1Cc2ccccc2C(c2ccccc2)=NN1CCCN1CCOCC1. The highest BCUT2D eigenvalue weighted by Crippen LogP contribution is 2.21. The molecule has 0 spiro atoms. The van der Waals surface area contributed by atoms with Crippen LogP contribution in [0.2, 0.25) is 0 Å². The Kier molecular flexibility index (Phi) is 5.61. The van der Waals surface area contributed by atoms with Gasteiger partial charge in [-0.1, -0.05) is 54.6 Å². The number of fused-ring (bicyclic) bond motifs is 1. The van der Waals surface area contributed by atoms with Crippen LogP contribution in [0.4, 0.5) is 0 Å². The minimum atomic E-state index is 0.0651. The molecule has 1 saturated heterocycles. The molecular weight excluding hydrogens is 338 g/mol.